The van der Waals surface area contributed by atoms with Gasteiger partial charge >= 0.3 is 0 Å². The first-order valence-electron chi connectivity index (χ1n) is 6.89. The predicted octanol–water partition coefficient (Wildman–Crippen LogP) is 2.25. The minimum absolute atomic E-state index is 0.118. The maximum atomic E-state index is 12.3. The highest BCUT2D eigenvalue weighted by Gasteiger charge is 2.41. The Morgan fingerprint density at radius 3 is 2.39 bits per heavy atom. The van der Waals surface area contributed by atoms with E-state index in [1.807, 2.05) is 6.92 Å². The summed E-state index contributed by atoms with van der Waals surface area (Å²) in [4.78, 5) is 12.3. The van der Waals surface area contributed by atoms with Gasteiger partial charge in [-0.25, -0.2) is 0 Å². The summed E-state index contributed by atoms with van der Waals surface area (Å²) in [6.45, 7) is 7.29. The molecular weight excluding hydrogens is 228 g/mol. The van der Waals surface area contributed by atoms with E-state index >= 15 is 0 Å². The van der Waals surface area contributed by atoms with E-state index in [4.69, 9.17) is 4.74 Å². The van der Waals surface area contributed by atoms with Crippen molar-refractivity contribution < 1.29 is 9.53 Å². The molecule has 0 bridgehead atoms. The number of nitrogens with one attached hydrogen (secondary N) is 1. The van der Waals surface area contributed by atoms with Crippen molar-refractivity contribution in [2.45, 2.75) is 52.5 Å². The van der Waals surface area contributed by atoms with Gasteiger partial charge in [0.1, 0.15) is 5.41 Å². The molecule has 4 nitrogen and oxygen atoms in total. The molecule has 4 heteroatoms. The zero-order valence-corrected chi connectivity index (χ0v) is 11.7. The smallest absolute Gasteiger partial charge is 0.240 e. The van der Waals surface area contributed by atoms with Gasteiger partial charge in [-0.15, -0.1) is 0 Å². The first-order valence-corrected chi connectivity index (χ1v) is 6.89. The Kier molecular flexibility index (Phi) is 5.61. The number of ether oxygens (including phenoxy) is 1. The third-order valence-corrected chi connectivity index (χ3v) is 4.11. The van der Waals surface area contributed by atoms with Gasteiger partial charge in [0.25, 0.3) is 0 Å². The molecule has 1 aliphatic rings. The van der Waals surface area contributed by atoms with E-state index < -0.39 is 5.41 Å². The summed E-state index contributed by atoms with van der Waals surface area (Å²) in [5.74, 6) is 0.359. The monoisotopic (exact) mass is 252 g/mol. The summed E-state index contributed by atoms with van der Waals surface area (Å²) in [7, 11) is 0. The summed E-state index contributed by atoms with van der Waals surface area (Å²) in [5.41, 5.74) is -0.876. The molecule has 102 valence electrons. The van der Waals surface area contributed by atoms with E-state index in [1.54, 1.807) is 0 Å². The summed E-state index contributed by atoms with van der Waals surface area (Å²) in [5, 5.41) is 12.3. The summed E-state index contributed by atoms with van der Waals surface area (Å²) < 4.78 is 5.24. The highest BCUT2D eigenvalue weighted by molar-refractivity contribution is 5.85. The molecular formula is C14H24N2O2. The molecule has 1 aliphatic heterocycles. The molecule has 18 heavy (non-hydrogen) atoms. The standard InChI is InChI=1S/C14H24N2O2/c1-4-12(5-2)11(3)16-13(17)14(10-15)6-8-18-9-7-14/h11-12H,4-9H2,1-3H3,(H,16,17). The van der Waals surface area contributed by atoms with Gasteiger partial charge in [0.2, 0.25) is 5.91 Å². The van der Waals surface area contributed by atoms with Crippen LogP contribution in [0.4, 0.5) is 0 Å². The Bertz CT molecular complexity index is 312. The minimum atomic E-state index is -0.876. The van der Waals surface area contributed by atoms with Gasteiger partial charge in [-0.2, -0.15) is 5.26 Å². The van der Waals surface area contributed by atoms with E-state index in [0.29, 0.717) is 32.0 Å². The van der Waals surface area contributed by atoms with Crippen LogP contribution in [0.15, 0.2) is 0 Å². The lowest BCUT2D eigenvalue weighted by Crippen LogP contribution is -2.48. The molecule has 1 fully saturated rings. The third-order valence-electron chi connectivity index (χ3n) is 4.11. The molecule has 1 saturated heterocycles. The van der Waals surface area contributed by atoms with Crippen LogP contribution >= 0.6 is 0 Å². The molecule has 0 spiro atoms. The van der Waals surface area contributed by atoms with E-state index in [1.165, 1.54) is 0 Å². The SMILES string of the molecule is CCC(CC)C(C)NC(=O)C1(C#N)CCOCC1. The van der Waals surface area contributed by atoms with E-state index in [2.05, 4.69) is 25.2 Å². The number of carbonyl (C=O) groups is 1. The lowest BCUT2D eigenvalue weighted by molar-refractivity contribution is -0.133. The van der Waals surface area contributed by atoms with Gasteiger partial charge < -0.3 is 10.1 Å². The molecule has 1 rings (SSSR count). The van der Waals surface area contributed by atoms with Crippen molar-refractivity contribution in [2.75, 3.05) is 13.2 Å². The molecule has 1 unspecified atom stereocenters. The summed E-state index contributed by atoms with van der Waals surface area (Å²) in [6.07, 6.45) is 3.09. The number of hydrogen-bond donors (Lipinski definition) is 1. The van der Waals surface area contributed by atoms with Crippen LogP contribution in [0.1, 0.15) is 46.5 Å². The largest absolute Gasteiger partial charge is 0.381 e. The van der Waals surface area contributed by atoms with Gasteiger partial charge in [0, 0.05) is 19.3 Å². The fourth-order valence-corrected chi connectivity index (χ4v) is 2.57. The van der Waals surface area contributed by atoms with Gasteiger partial charge in [0.05, 0.1) is 6.07 Å². The number of rotatable bonds is 5. The predicted molar refractivity (Wildman–Crippen MR) is 69.8 cm³/mol. The van der Waals surface area contributed by atoms with Crippen LogP contribution in [-0.2, 0) is 9.53 Å². The average Bonchev–Trinajstić information content (AvgIpc) is 2.40. The number of nitriles is 1. The second kappa shape index (κ2) is 6.75. The summed E-state index contributed by atoms with van der Waals surface area (Å²) >= 11 is 0. The number of nitrogens with zero attached hydrogens (tertiary/aromatic N) is 1. The lowest BCUT2D eigenvalue weighted by Gasteiger charge is -2.32. The first-order chi connectivity index (χ1) is 8.59. The van der Waals surface area contributed by atoms with Crippen LogP contribution in [0.2, 0.25) is 0 Å². The minimum Gasteiger partial charge on any atom is -0.381 e. The van der Waals surface area contributed by atoms with Crippen LogP contribution in [0.3, 0.4) is 0 Å². The van der Waals surface area contributed by atoms with Crippen LogP contribution in [0, 0.1) is 22.7 Å². The number of carbonyl (C=O) groups excluding carboxylic acids is 1. The lowest BCUT2D eigenvalue weighted by atomic mass is 9.80. The van der Waals surface area contributed by atoms with E-state index in [-0.39, 0.29) is 11.9 Å². The number of amides is 1. The van der Waals surface area contributed by atoms with Crippen molar-refractivity contribution in [3.8, 4) is 6.07 Å². The van der Waals surface area contributed by atoms with Gasteiger partial charge in [-0.05, 0) is 25.7 Å². The van der Waals surface area contributed by atoms with Crippen molar-refractivity contribution in [3.63, 3.8) is 0 Å². The van der Waals surface area contributed by atoms with Crippen molar-refractivity contribution in [3.05, 3.63) is 0 Å². The van der Waals surface area contributed by atoms with E-state index in [0.717, 1.165) is 12.8 Å². The molecule has 1 N–H and O–H groups in total. The van der Waals surface area contributed by atoms with Gasteiger partial charge in [-0.1, -0.05) is 26.7 Å². The molecule has 0 saturated carbocycles. The highest BCUT2D eigenvalue weighted by Crippen LogP contribution is 2.30. The van der Waals surface area contributed by atoms with Crippen LogP contribution in [-0.4, -0.2) is 25.2 Å². The quantitative estimate of drug-likeness (QED) is 0.816. The maximum absolute atomic E-state index is 12.3. The van der Waals surface area contributed by atoms with Gasteiger partial charge in [-0.3, -0.25) is 4.79 Å². The fraction of sp³-hybridized carbons (Fsp3) is 0.857. The van der Waals surface area contributed by atoms with E-state index in [9.17, 15) is 10.1 Å². The molecule has 1 atom stereocenters. The van der Waals surface area contributed by atoms with Crippen molar-refractivity contribution in [1.29, 1.82) is 5.26 Å². The average molecular weight is 252 g/mol. The Morgan fingerprint density at radius 2 is 1.94 bits per heavy atom. The topological polar surface area (TPSA) is 62.1 Å². The Hall–Kier alpha value is -1.08. The zero-order valence-electron chi connectivity index (χ0n) is 11.7. The fourth-order valence-electron chi connectivity index (χ4n) is 2.57. The normalized spacial score (nSPS) is 20.2. The van der Waals surface area contributed by atoms with Crippen LogP contribution in [0.25, 0.3) is 0 Å². The molecule has 0 aromatic rings. The third kappa shape index (κ3) is 3.23. The molecule has 1 amide bonds. The molecule has 1 heterocycles. The molecule has 0 radical (unpaired) electrons. The maximum Gasteiger partial charge on any atom is 0.240 e. The second-order valence-corrected chi connectivity index (χ2v) is 5.14. The van der Waals surface area contributed by atoms with Crippen molar-refractivity contribution >= 4 is 5.91 Å². The Labute approximate surface area is 110 Å². The number of hydrogen-bond acceptors (Lipinski definition) is 3. The van der Waals surface area contributed by atoms with Crippen molar-refractivity contribution in [2.24, 2.45) is 11.3 Å². The Balaban J connectivity index is 2.65. The molecule has 0 aromatic carbocycles. The highest BCUT2D eigenvalue weighted by atomic mass is 16.5. The van der Waals surface area contributed by atoms with Gasteiger partial charge in [0.15, 0.2) is 0 Å². The summed E-state index contributed by atoms with van der Waals surface area (Å²) in [6, 6.07) is 2.33. The molecule has 0 aromatic heterocycles. The Morgan fingerprint density at radius 1 is 1.39 bits per heavy atom. The van der Waals surface area contributed by atoms with Crippen molar-refractivity contribution in [1.82, 2.24) is 5.32 Å². The molecule has 0 aliphatic carbocycles. The first kappa shape index (κ1) is 15.0. The second-order valence-electron chi connectivity index (χ2n) is 5.14. The van der Waals surface area contributed by atoms with Crippen LogP contribution < -0.4 is 5.32 Å². The van der Waals surface area contributed by atoms with Crippen LogP contribution in [0.5, 0.6) is 0 Å². The zero-order chi connectivity index (χ0) is 13.6.